The van der Waals surface area contributed by atoms with Crippen LogP contribution in [-0.4, -0.2) is 48.2 Å². The summed E-state index contributed by atoms with van der Waals surface area (Å²) in [7, 11) is 0. The van der Waals surface area contributed by atoms with E-state index >= 15 is 0 Å². The second kappa shape index (κ2) is 8.41. The smallest absolute Gasteiger partial charge is 0.406 e. The Bertz CT molecular complexity index is 959. The van der Waals surface area contributed by atoms with E-state index in [2.05, 4.69) is 27.1 Å². The number of hydrogen-bond donors (Lipinski definition) is 1. The van der Waals surface area contributed by atoms with Crippen LogP contribution in [0.15, 0.2) is 48.5 Å². The molecule has 170 valence electrons. The molecule has 1 aliphatic carbocycles. The van der Waals surface area contributed by atoms with E-state index < -0.39 is 6.36 Å². The summed E-state index contributed by atoms with van der Waals surface area (Å²) in [6, 6.07) is 14.3. The van der Waals surface area contributed by atoms with Crippen molar-refractivity contribution in [3.05, 3.63) is 65.2 Å². The first-order chi connectivity index (χ1) is 15.4. The van der Waals surface area contributed by atoms with Crippen LogP contribution in [0.5, 0.6) is 5.75 Å². The van der Waals surface area contributed by atoms with Gasteiger partial charge in [0.05, 0.1) is 6.54 Å². The molecule has 2 fully saturated rings. The second-order valence-electron chi connectivity index (χ2n) is 9.03. The van der Waals surface area contributed by atoms with Crippen LogP contribution in [0.3, 0.4) is 0 Å². The highest BCUT2D eigenvalue weighted by Gasteiger charge is 2.55. The molecule has 8 heteroatoms. The molecule has 0 bridgehead atoms. The van der Waals surface area contributed by atoms with E-state index in [9.17, 15) is 18.0 Å². The van der Waals surface area contributed by atoms with Crippen LogP contribution in [0.2, 0.25) is 0 Å². The number of fused-ring (bicyclic) bond motifs is 2. The number of benzene rings is 2. The van der Waals surface area contributed by atoms with E-state index in [1.165, 1.54) is 23.3 Å². The van der Waals surface area contributed by atoms with E-state index in [0.717, 1.165) is 25.2 Å². The van der Waals surface area contributed by atoms with Gasteiger partial charge in [0.15, 0.2) is 0 Å². The summed E-state index contributed by atoms with van der Waals surface area (Å²) in [5, 5.41) is 3.36. The van der Waals surface area contributed by atoms with Crippen LogP contribution in [0.4, 0.5) is 13.2 Å². The summed E-state index contributed by atoms with van der Waals surface area (Å²) in [4.78, 5) is 16.9. The van der Waals surface area contributed by atoms with Crippen LogP contribution < -0.4 is 10.1 Å². The van der Waals surface area contributed by atoms with Gasteiger partial charge in [0.1, 0.15) is 5.75 Å². The lowest BCUT2D eigenvalue weighted by Gasteiger charge is -2.23. The number of amides is 1. The topological polar surface area (TPSA) is 44.8 Å². The SMILES string of the molecule is O=C(CN1CC2C(CNCc3cccc(OC(F)(F)F)c3)C2C1)N1Cc2ccccc2C1. The Morgan fingerprint density at radius 1 is 1.03 bits per heavy atom. The third kappa shape index (κ3) is 4.76. The van der Waals surface area contributed by atoms with Crippen molar-refractivity contribution in [1.29, 1.82) is 0 Å². The average molecular weight is 445 g/mol. The Balaban J connectivity index is 1.02. The molecule has 0 radical (unpaired) electrons. The first-order valence-electron chi connectivity index (χ1n) is 11.0. The molecule has 1 N–H and O–H groups in total. The molecule has 5 rings (SSSR count). The van der Waals surface area contributed by atoms with Gasteiger partial charge in [0.2, 0.25) is 5.91 Å². The molecule has 2 atom stereocenters. The molecular weight excluding hydrogens is 419 g/mol. The molecule has 0 spiro atoms. The Labute approximate surface area is 185 Å². The molecule has 2 heterocycles. The van der Waals surface area contributed by atoms with Crippen molar-refractivity contribution in [2.24, 2.45) is 17.8 Å². The number of piperidine rings is 1. The molecule has 32 heavy (non-hydrogen) atoms. The highest BCUT2D eigenvalue weighted by atomic mass is 19.4. The number of nitrogens with zero attached hydrogens (tertiary/aromatic N) is 2. The van der Waals surface area contributed by atoms with Crippen LogP contribution in [0, 0.1) is 17.8 Å². The fourth-order valence-corrected chi connectivity index (χ4v) is 5.21. The van der Waals surface area contributed by atoms with Crippen LogP contribution in [0.1, 0.15) is 16.7 Å². The number of likely N-dealkylation sites (tertiary alicyclic amines) is 1. The van der Waals surface area contributed by atoms with Crippen molar-refractivity contribution < 1.29 is 22.7 Å². The maximum absolute atomic E-state index is 12.7. The molecule has 0 aromatic heterocycles. The number of ether oxygens (including phenoxy) is 1. The van der Waals surface area contributed by atoms with E-state index in [-0.39, 0.29) is 11.7 Å². The maximum atomic E-state index is 12.7. The monoisotopic (exact) mass is 445 g/mol. The van der Waals surface area contributed by atoms with Gasteiger partial charge in [-0.1, -0.05) is 36.4 Å². The average Bonchev–Trinajstić information content (AvgIpc) is 3.08. The predicted octanol–water partition coefficient (Wildman–Crippen LogP) is 3.40. The minimum atomic E-state index is -4.68. The molecule has 1 amide bonds. The number of halogens is 3. The number of rotatable bonds is 7. The normalized spacial score (nSPS) is 24.3. The Morgan fingerprint density at radius 3 is 2.38 bits per heavy atom. The summed E-state index contributed by atoms with van der Waals surface area (Å²) in [6.45, 7) is 5.12. The Hall–Kier alpha value is -2.58. The molecule has 2 aliphatic heterocycles. The number of hydrogen-bond acceptors (Lipinski definition) is 4. The first-order valence-corrected chi connectivity index (χ1v) is 11.0. The van der Waals surface area contributed by atoms with E-state index in [1.807, 2.05) is 17.0 Å². The summed E-state index contributed by atoms with van der Waals surface area (Å²) in [5.74, 6) is 1.78. The van der Waals surface area contributed by atoms with Crippen molar-refractivity contribution >= 4 is 5.91 Å². The largest absolute Gasteiger partial charge is 0.573 e. The van der Waals surface area contributed by atoms with Gasteiger partial charge in [-0.05, 0) is 53.1 Å². The molecule has 3 aliphatic rings. The zero-order chi connectivity index (χ0) is 22.3. The fourth-order valence-electron chi connectivity index (χ4n) is 5.21. The lowest BCUT2D eigenvalue weighted by atomic mass is 10.1. The standard InChI is InChI=1S/C24H26F3N3O2/c25-24(26,27)32-19-7-3-4-16(8-19)9-28-10-20-21-13-29(14-22(20)21)15-23(31)30-11-17-5-1-2-6-18(17)12-30/h1-8,20-22,28H,9-15H2. The minimum absolute atomic E-state index is 0.193. The molecule has 2 aromatic carbocycles. The molecular formula is C24H26F3N3O2. The van der Waals surface area contributed by atoms with E-state index in [4.69, 9.17) is 0 Å². The number of alkyl halides is 3. The molecule has 1 saturated carbocycles. The molecule has 2 aromatic rings. The van der Waals surface area contributed by atoms with Gasteiger partial charge in [0, 0.05) is 32.7 Å². The third-order valence-electron chi connectivity index (χ3n) is 6.84. The number of carbonyl (C=O) groups excluding carboxylic acids is 1. The molecule has 2 unspecified atom stereocenters. The van der Waals surface area contributed by atoms with Crippen molar-refractivity contribution in [2.45, 2.75) is 26.0 Å². The van der Waals surface area contributed by atoms with E-state index in [0.29, 0.717) is 43.9 Å². The summed E-state index contributed by atoms with van der Waals surface area (Å²) < 4.78 is 41.1. The van der Waals surface area contributed by atoms with Crippen molar-refractivity contribution in [1.82, 2.24) is 15.1 Å². The van der Waals surface area contributed by atoms with Gasteiger partial charge in [-0.2, -0.15) is 0 Å². The van der Waals surface area contributed by atoms with Crippen molar-refractivity contribution in [3.8, 4) is 5.75 Å². The minimum Gasteiger partial charge on any atom is -0.406 e. The third-order valence-corrected chi connectivity index (χ3v) is 6.84. The maximum Gasteiger partial charge on any atom is 0.573 e. The molecule has 1 saturated heterocycles. The zero-order valence-corrected chi connectivity index (χ0v) is 17.6. The Morgan fingerprint density at radius 2 is 1.72 bits per heavy atom. The first kappa shape index (κ1) is 21.3. The predicted molar refractivity (Wildman–Crippen MR) is 112 cm³/mol. The van der Waals surface area contributed by atoms with Gasteiger partial charge < -0.3 is 15.0 Å². The van der Waals surface area contributed by atoms with Gasteiger partial charge in [-0.15, -0.1) is 13.2 Å². The second-order valence-corrected chi connectivity index (χ2v) is 9.03. The highest BCUT2D eigenvalue weighted by Crippen LogP contribution is 2.51. The van der Waals surface area contributed by atoms with Gasteiger partial charge in [-0.25, -0.2) is 0 Å². The summed E-state index contributed by atoms with van der Waals surface area (Å²) >= 11 is 0. The van der Waals surface area contributed by atoms with Gasteiger partial charge in [-0.3, -0.25) is 9.69 Å². The zero-order valence-electron chi connectivity index (χ0n) is 17.6. The van der Waals surface area contributed by atoms with Crippen molar-refractivity contribution in [3.63, 3.8) is 0 Å². The molecule has 5 nitrogen and oxygen atoms in total. The lowest BCUT2D eigenvalue weighted by Crippen LogP contribution is -2.38. The van der Waals surface area contributed by atoms with Crippen LogP contribution >= 0.6 is 0 Å². The van der Waals surface area contributed by atoms with E-state index in [1.54, 1.807) is 12.1 Å². The van der Waals surface area contributed by atoms with Crippen LogP contribution in [0.25, 0.3) is 0 Å². The number of carbonyl (C=O) groups is 1. The summed E-state index contributed by atoms with van der Waals surface area (Å²) in [5.41, 5.74) is 3.25. The van der Waals surface area contributed by atoms with Crippen LogP contribution in [-0.2, 0) is 24.4 Å². The quantitative estimate of drug-likeness (QED) is 0.710. The number of nitrogens with one attached hydrogen (secondary N) is 1. The Kier molecular flexibility index (Phi) is 5.59. The highest BCUT2D eigenvalue weighted by molar-refractivity contribution is 5.79. The lowest BCUT2D eigenvalue weighted by molar-refractivity contribution is -0.274. The summed E-state index contributed by atoms with van der Waals surface area (Å²) in [6.07, 6.45) is -4.68. The van der Waals surface area contributed by atoms with Crippen molar-refractivity contribution in [2.75, 3.05) is 26.2 Å². The van der Waals surface area contributed by atoms with Gasteiger partial charge in [0.25, 0.3) is 0 Å². The fraction of sp³-hybridized carbons (Fsp3) is 0.458. The van der Waals surface area contributed by atoms with Gasteiger partial charge >= 0.3 is 6.36 Å².